The quantitative estimate of drug-likeness (QED) is 0.627. The lowest BCUT2D eigenvalue weighted by atomic mass is 10.4. The smallest absolute Gasteiger partial charge is 0.118 e. The molecule has 14 heavy (non-hydrogen) atoms. The van der Waals surface area contributed by atoms with E-state index >= 15 is 0 Å². The maximum Gasteiger partial charge on any atom is 0.118 e. The van der Waals surface area contributed by atoms with Gasteiger partial charge < -0.3 is 0 Å². The molecule has 0 radical (unpaired) electrons. The van der Waals surface area contributed by atoms with Crippen LogP contribution in [0.25, 0.3) is 15.7 Å². The molecule has 0 amide bonds. The Hall–Kier alpha value is -0.940. The van der Waals surface area contributed by atoms with Gasteiger partial charge in [-0.3, -0.25) is 0 Å². The summed E-state index contributed by atoms with van der Waals surface area (Å²) in [4.78, 5) is 4.31. The van der Waals surface area contributed by atoms with Crippen molar-refractivity contribution >= 4 is 43.0 Å². The second-order valence-electron chi connectivity index (χ2n) is 3.07. The van der Waals surface area contributed by atoms with E-state index in [2.05, 4.69) is 26.0 Å². The van der Waals surface area contributed by atoms with E-state index in [1.54, 1.807) is 17.7 Å². The van der Waals surface area contributed by atoms with Crippen LogP contribution in [0.5, 0.6) is 0 Å². The first-order chi connectivity index (χ1) is 6.77. The molecule has 0 aliphatic heterocycles. The maximum absolute atomic E-state index is 4.36. The predicted molar refractivity (Wildman–Crippen MR) is 60.8 cm³/mol. The molecule has 3 rings (SSSR count). The number of aromatic nitrogens is 3. The Bertz CT molecular complexity index is 625. The van der Waals surface area contributed by atoms with Crippen LogP contribution in [0.15, 0.2) is 22.2 Å². The average molecular weight is 268 g/mol. The highest BCUT2D eigenvalue weighted by molar-refractivity contribution is 9.10. The van der Waals surface area contributed by atoms with Crippen LogP contribution in [-0.2, 0) is 0 Å². The minimum Gasteiger partial charge on any atom is -0.235 e. The number of aryl methyl sites for hydroxylation is 1. The van der Waals surface area contributed by atoms with Gasteiger partial charge in [-0.1, -0.05) is 0 Å². The standard InChI is InChI=1S/C9H6BrN3S/c1-5-7(10)8-9-6(2-3-14-9)11-4-13(8)12-5/h2-4H,1H3. The van der Waals surface area contributed by atoms with E-state index in [1.807, 2.05) is 22.9 Å². The van der Waals surface area contributed by atoms with Gasteiger partial charge in [0.2, 0.25) is 0 Å². The summed E-state index contributed by atoms with van der Waals surface area (Å²) in [7, 11) is 0. The zero-order valence-electron chi connectivity index (χ0n) is 7.36. The summed E-state index contributed by atoms with van der Waals surface area (Å²) in [5.41, 5.74) is 3.14. The molecule has 0 saturated heterocycles. The third-order valence-corrected chi connectivity index (χ3v) is 4.04. The molecule has 0 unspecified atom stereocenters. The van der Waals surface area contributed by atoms with Gasteiger partial charge in [-0.2, -0.15) is 5.10 Å². The molecule has 0 aromatic carbocycles. The van der Waals surface area contributed by atoms with Crippen molar-refractivity contribution in [1.82, 2.24) is 14.6 Å². The first-order valence-corrected chi connectivity index (χ1v) is 5.81. The highest BCUT2D eigenvalue weighted by Gasteiger charge is 2.11. The van der Waals surface area contributed by atoms with Crippen LogP contribution in [0.1, 0.15) is 5.69 Å². The molecule has 3 nitrogen and oxygen atoms in total. The molecule has 3 aromatic rings. The minimum atomic E-state index is 0.993. The summed E-state index contributed by atoms with van der Waals surface area (Å²) in [6.07, 6.45) is 1.75. The van der Waals surface area contributed by atoms with Gasteiger partial charge in [-0.25, -0.2) is 9.50 Å². The summed E-state index contributed by atoms with van der Waals surface area (Å²) in [6.45, 7) is 1.98. The first kappa shape index (κ1) is 8.38. The van der Waals surface area contributed by atoms with Gasteiger partial charge in [0.25, 0.3) is 0 Å². The molecule has 0 fully saturated rings. The number of thiophene rings is 1. The van der Waals surface area contributed by atoms with Crippen LogP contribution in [0.3, 0.4) is 0 Å². The normalized spacial score (nSPS) is 11.6. The molecule has 0 spiro atoms. The molecule has 0 bridgehead atoms. The molecule has 3 heterocycles. The summed E-state index contributed by atoms with van der Waals surface area (Å²) in [5.74, 6) is 0. The van der Waals surface area contributed by atoms with Crippen molar-refractivity contribution in [3.63, 3.8) is 0 Å². The highest BCUT2D eigenvalue weighted by atomic mass is 79.9. The van der Waals surface area contributed by atoms with Crippen molar-refractivity contribution in [2.75, 3.05) is 0 Å². The zero-order chi connectivity index (χ0) is 9.71. The van der Waals surface area contributed by atoms with Gasteiger partial charge in [0.1, 0.15) is 11.8 Å². The Labute approximate surface area is 92.5 Å². The summed E-state index contributed by atoms with van der Waals surface area (Å²) in [6, 6.07) is 2.02. The third-order valence-electron chi connectivity index (χ3n) is 2.18. The molecule has 0 aliphatic rings. The lowest BCUT2D eigenvalue weighted by molar-refractivity contribution is 0.912. The van der Waals surface area contributed by atoms with Crippen molar-refractivity contribution in [3.8, 4) is 0 Å². The Morgan fingerprint density at radius 1 is 1.50 bits per heavy atom. The molecule has 0 N–H and O–H groups in total. The van der Waals surface area contributed by atoms with Crippen LogP contribution >= 0.6 is 27.3 Å². The number of hydrogen-bond acceptors (Lipinski definition) is 3. The van der Waals surface area contributed by atoms with Crippen LogP contribution in [0, 0.1) is 6.92 Å². The molecule has 0 atom stereocenters. The summed E-state index contributed by atoms with van der Waals surface area (Å²) >= 11 is 5.24. The summed E-state index contributed by atoms with van der Waals surface area (Å²) in [5, 5.41) is 6.40. The van der Waals surface area contributed by atoms with Crippen molar-refractivity contribution in [3.05, 3.63) is 27.9 Å². The molecule has 3 aromatic heterocycles. The van der Waals surface area contributed by atoms with Crippen molar-refractivity contribution in [1.29, 1.82) is 0 Å². The third kappa shape index (κ3) is 0.965. The lowest BCUT2D eigenvalue weighted by Gasteiger charge is -1.93. The molecule has 0 saturated carbocycles. The Balaban J connectivity index is 2.66. The van der Waals surface area contributed by atoms with Gasteiger partial charge in [0, 0.05) is 0 Å². The topological polar surface area (TPSA) is 30.2 Å². The van der Waals surface area contributed by atoms with Crippen LogP contribution < -0.4 is 0 Å². The van der Waals surface area contributed by atoms with Crippen molar-refractivity contribution in [2.24, 2.45) is 0 Å². The zero-order valence-corrected chi connectivity index (χ0v) is 9.76. The van der Waals surface area contributed by atoms with E-state index in [4.69, 9.17) is 0 Å². The van der Waals surface area contributed by atoms with Crippen molar-refractivity contribution in [2.45, 2.75) is 6.92 Å². The molecular weight excluding hydrogens is 262 g/mol. The fourth-order valence-corrected chi connectivity index (χ4v) is 2.99. The van der Waals surface area contributed by atoms with Gasteiger partial charge in [-0.15, -0.1) is 11.3 Å². The van der Waals surface area contributed by atoms with Gasteiger partial charge in [0.15, 0.2) is 0 Å². The predicted octanol–water partition coefficient (Wildman–Crippen LogP) is 3.01. The number of fused-ring (bicyclic) bond motifs is 3. The maximum atomic E-state index is 4.36. The average Bonchev–Trinajstić information content (AvgIpc) is 2.72. The van der Waals surface area contributed by atoms with E-state index in [0.29, 0.717) is 0 Å². The van der Waals surface area contributed by atoms with E-state index < -0.39 is 0 Å². The van der Waals surface area contributed by atoms with E-state index in [9.17, 15) is 0 Å². The summed E-state index contributed by atoms with van der Waals surface area (Å²) < 4.78 is 4.06. The second-order valence-corrected chi connectivity index (χ2v) is 4.78. The fourth-order valence-electron chi connectivity index (χ4n) is 1.51. The number of halogens is 1. The Kier molecular flexibility index (Phi) is 1.66. The van der Waals surface area contributed by atoms with Crippen LogP contribution in [-0.4, -0.2) is 14.6 Å². The largest absolute Gasteiger partial charge is 0.235 e. The van der Waals surface area contributed by atoms with Gasteiger partial charge >= 0.3 is 0 Å². The van der Waals surface area contributed by atoms with Gasteiger partial charge in [-0.05, 0) is 34.3 Å². The lowest BCUT2D eigenvalue weighted by Crippen LogP contribution is -1.88. The van der Waals surface area contributed by atoms with E-state index in [0.717, 1.165) is 21.2 Å². The number of hydrogen-bond donors (Lipinski definition) is 0. The van der Waals surface area contributed by atoms with Gasteiger partial charge in [0.05, 0.1) is 20.4 Å². The highest BCUT2D eigenvalue weighted by Crippen LogP contribution is 2.30. The van der Waals surface area contributed by atoms with Crippen LogP contribution in [0.4, 0.5) is 0 Å². The Morgan fingerprint density at radius 2 is 2.36 bits per heavy atom. The van der Waals surface area contributed by atoms with Crippen molar-refractivity contribution < 1.29 is 0 Å². The molecule has 0 aliphatic carbocycles. The van der Waals surface area contributed by atoms with E-state index in [-0.39, 0.29) is 0 Å². The van der Waals surface area contributed by atoms with Crippen LogP contribution in [0.2, 0.25) is 0 Å². The van der Waals surface area contributed by atoms with E-state index in [1.165, 1.54) is 4.70 Å². The SMILES string of the molecule is Cc1nn2cnc3ccsc3c2c1Br. The Morgan fingerprint density at radius 3 is 3.21 bits per heavy atom. The molecule has 5 heteroatoms. The number of rotatable bonds is 0. The fraction of sp³-hybridized carbons (Fsp3) is 0.111. The molecule has 70 valence electrons. The first-order valence-electron chi connectivity index (χ1n) is 4.14. The second kappa shape index (κ2) is 2.77. The minimum absolute atomic E-state index is 0.993. The number of nitrogens with zero attached hydrogens (tertiary/aromatic N) is 3. The molecular formula is C9H6BrN3S. The monoisotopic (exact) mass is 267 g/mol.